The number of carbonyl (C=O) groups excluding carboxylic acids is 1. The summed E-state index contributed by atoms with van der Waals surface area (Å²) in [5.74, 6) is -0.328. The van der Waals surface area contributed by atoms with Gasteiger partial charge >= 0.3 is 5.97 Å². The quantitative estimate of drug-likeness (QED) is 0.641. The molecule has 0 aromatic carbocycles. The van der Waals surface area contributed by atoms with Crippen LogP contribution >= 0.6 is 0 Å². The third-order valence-corrected chi connectivity index (χ3v) is 2.74. The van der Waals surface area contributed by atoms with E-state index in [9.17, 15) is 4.79 Å². The first-order valence-corrected chi connectivity index (χ1v) is 5.28. The second-order valence-corrected chi connectivity index (χ2v) is 3.88. The van der Waals surface area contributed by atoms with Crippen molar-refractivity contribution < 1.29 is 28.5 Å². The molecule has 6 nitrogen and oxygen atoms in total. The minimum absolute atomic E-state index is 0.0356. The minimum atomic E-state index is -0.328. The summed E-state index contributed by atoms with van der Waals surface area (Å²) >= 11 is 0. The molecule has 0 bridgehead atoms. The van der Waals surface area contributed by atoms with Gasteiger partial charge in [-0.25, -0.2) is 0 Å². The van der Waals surface area contributed by atoms with E-state index in [4.69, 9.17) is 23.7 Å². The van der Waals surface area contributed by atoms with Crippen molar-refractivity contribution >= 4 is 5.97 Å². The molecule has 2 rings (SSSR count). The van der Waals surface area contributed by atoms with Gasteiger partial charge in [0.1, 0.15) is 38.5 Å². The second kappa shape index (κ2) is 5.09. The molecule has 2 aliphatic rings. The molecular weight excluding hydrogens is 216 g/mol. The van der Waals surface area contributed by atoms with Crippen LogP contribution in [0.4, 0.5) is 0 Å². The van der Waals surface area contributed by atoms with Crippen molar-refractivity contribution in [1.29, 1.82) is 0 Å². The number of ether oxygens (including phenoxy) is 5. The van der Waals surface area contributed by atoms with Crippen LogP contribution in [-0.2, 0) is 28.5 Å². The maximum Gasteiger partial charge on any atom is 0.302 e. The van der Waals surface area contributed by atoms with Gasteiger partial charge in [0.2, 0.25) is 0 Å². The predicted octanol–water partition coefficient (Wildman–Crippen LogP) is 0.0524. The standard InChI is InChI=1S/C10H16O6/c1-6-9(15-4-13-6)10-8(14-5-16-10)3-12-7(2)11/h6,8-10H,3-5H2,1-2H3/t6-,8-,9-,10+/m1/s1. The zero-order valence-electron chi connectivity index (χ0n) is 9.38. The molecule has 16 heavy (non-hydrogen) atoms. The largest absolute Gasteiger partial charge is 0.463 e. The molecule has 2 saturated heterocycles. The summed E-state index contributed by atoms with van der Waals surface area (Å²) in [4.78, 5) is 10.7. The second-order valence-electron chi connectivity index (χ2n) is 3.88. The van der Waals surface area contributed by atoms with Gasteiger partial charge in [0, 0.05) is 6.92 Å². The van der Waals surface area contributed by atoms with Crippen molar-refractivity contribution in [3.8, 4) is 0 Å². The van der Waals surface area contributed by atoms with Crippen molar-refractivity contribution in [2.45, 2.75) is 38.3 Å². The fourth-order valence-corrected chi connectivity index (χ4v) is 1.87. The van der Waals surface area contributed by atoms with Crippen LogP contribution in [0, 0.1) is 0 Å². The normalized spacial score (nSPS) is 38.9. The first-order chi connectivity index (χ1) is 7.68. The molecule has 0 unspecified atom stereocenters. The molecule has 0 amide bonds. The Bertz CT molecular complexity index is 256. The van der Waals surface area contributed by atoms with Crippen LogP contribution in [-0.4, -0.2) is 50.6 Å². The van der Waals surface area contributed by atoms with Crippen molar-refractivity contribution in [2.75, 3.05) is 20.2 Å². The van der Waals surface area contributed by atoms with Gasteiger partial charge < -0.3 is 23.7 Å². The van der Waals surface area contributed by atoms with Gasteiger partial charge in [-0.2, -0.15) is 0 Å². The summed E-state index contributed by atoms with van der Waals surface area (Å²) in [6.45, 7) is 3.94. The number of esters is 1. The molecule has 0 spiro atoms. The molecule has 2 fully saturated rings. The van der Waals surface area contributed by atoms with E-state index in [0.29, 0.717) is 0 Å². The van der Waals surface area contributed by atoms with Crippen LogP contribution in [0.2, 0.25) is 0 Å². The lowest BCUT2D eigenvalue weighted by atomic mass is 10.0. The Kier molecular flexibility index (Phi) is 3.75. The summed E-state index contributed by atoms with van der Waals surface area (Å²) in [5.41, 5.74) is 0. The lowest BCUT2D eigenvalue weighted by molar-refractivity contribution is -0.145. The molecule has 0 N–H and O–H groups in total. The van der Waals surface area contributed by atoms with Crippen LogP contribution in [0.15, 0.2) is 0 Å². The van der Waals surface area contributed by atoms with Crippen LogP contribution in [0.3, 0.4) is 0 Å². The Morgan fingerprint density at radius 2 is 1.88 bits per heavy atom. The van der Waals surface area contributed by atoms with Gasteiger partial charge in [0.05, 0.1) is 6.10 Å². The zero-order chi connectivity index (χ0) is 11.5. The summed E-state index contributed by atoms with van der Waals surface area (Å²) in [6.07, 6.45) is -0.718. The van der Waals surface area contributed by atoms with Crippen molar-refractivity contribution in [2.24, 2.45) is 0 Å². The molecule has 0 radical (unpaired) electrons. The van der Waals surface area contributed by atoms with E-state index in [1.165, 1.54) is 6.92 Å². The molecule has 4 atom stereocenters. The number of rotatable bonds is 3. The summed E-state index contributed by atoms with van der Waals surface area (Å²) in [6, 6.07) is 0. The molecule has 0 saturated carbocycles. The van der Waals surface area contributed by atoms with Crippen LogP contribution in [0.5, 0.6) is 0 Å². The minimum Gasteiger partial charge on any atom is -0.463 e. The van der Waals surface area contributed by atoms with Gasteiger partial charge in [-0.05, 0) is 6.92 Å². The van der Waals surface area contributed by atoms with Gasteiger partial charge in [-0.15, -0.1) is 0 Å². The van der Waals surface area contributed by atoms with E-state index < -0.39 is 0 Å². The summed E-state index contributed by atoms with van der Waals surface area (Å²) < 4.78 is 26.4. The highest BCUT2D eigenvalue weighted by atomic mass is 16.8. The third-order valence-electron chi connectivity index (χ3n) is 2.74. The predicted molar refractivity (Wildman–Crippen MR) is 51.5 cm³/mol. The fraction of sp³-hybridized carbons (Fsp3) is 0.900. The monoisotopic (exact) mass is 232 g/mol. The van der Waals surface area contributed by atoms with E-state index in [-0.39, 0.29) is 50.6 Å². The van der Waals surface area contributed by atoms with E-state index in [1.54, 1.807) is 0 Å². The molecule has 6 heteroatoms. The average Bonchev–Trinajstić information content (AvgIpc) is 2.82. The van der Waals surface area contributed by atoms with E-state index in [1.807, 2.05) is 6.92 Å². The lowest BCUT2D eigenvalue weighted by Crippen LogP contribution is -2.42. The Hall–Kier alpha value is -0.690. The number of hydrogen-bond donors (Lipinski definition) is 0. The van der Waals surface area contributed by atoms with Crippen molar-refractivity contribution in [3.63, 3.8) is 0 Å². The summed E-state index contributed by atoms with van der Waals surface area (Å²) in [5, 5.41) is 0. The maximum absolute atomic E-state index is 10.7. The Balaban J connectivity index is 1.89. The topological polar surface area (TPSA) is 63.2 Å². The molecule has 2 heterocycles. The van der Waals surface area contributed by atoms with E-state index >= 15 is 0 Å². The Morgan fingerprint density at radius 1 is 1.19 bits per heavy atom. The number of hydrogen-bond acceptors (Lipinski definition) is 6. The highest BCUT2D eigenvalue weighted by Crippen LogP contribution is 2.25. The molecular formula is C10H16O6. The van der Waals surface area contributed by atoms with Gasteiger partial charge in [0.25, 0.3) is 0 Å². The smallest absolute Gasteiger partial charge is 0.302 e. The van der Waals surface area contributed by atoms with Crippen LogP contribution in [0.25, 0.3) is 0 Å². The molecule has 0 aromatic heterocycles. The maximum atomic E-state index is 10.7. The van der Waals surface area contributed by atoms with Gasteiger partial charge in [-0.1, -0.05) is 0 Å². The van der Waals surface area contributed by atoms with Crippen LogP contribution in [0.1, 0.15) is 13.8 Å². The fourth-order valence-electron chi connectivity index (χ4n) is 1.87. The van der Waals surface area contributed by atoms with E-state index in [0.717, 1.165) is 0 Å². The lowest BCUT2D eigenvalue weighted by Gasteiger charge is -2.23. The van der Waals surface area contributed by atoms with Gasteiger partial charge in [-0.3, -0.25) is 4.79 Å². The van der Waals surface area contributed by atoms with Crippen LogP contribution < -0.4 is 0 Å². The zero-order valence-corrected chi connectivity index (χ0v) is 9.38. The Labute approximate surface area is 93.7 Å². The highest BCUT2D eigenvalue weighted by Gasteiger charge is 2.42. The highest BCUT2D eigenvalue weighted by molar-refractivity contribution is 5.65. The SMILES string of the molecule is CC(=O)OC[C@H]1OCO[C@@H]1[C@@H]1OCO[C@@H]1C. The average molecular weight is 232 g/mol. The number of carbonyl (C=O) groups is 1. The van der Waals surface area contributed by atoms with Gasteiger partial charge in [0.15, 0.2) is 0 Å². The van der Waals surface area contributed by atoms with Crippen molar-refractivity contribution in [3.05, 3.63) is 0 Å². The molecule has 0 aliphatic carbocycles. The Morgan fingerprint density at radius 3 is 2.50 bits per heavy atom. The first-order valence-electron chi connectivity index (χ1n) is 5.28. The summed E-state index contributed by atoms with van der Waals surface area (Å²) in [7, 11) is 0. The molecule has 2 aliphatic heterocycles. The molecule has 0 aromatic rings. The molecule has 92 valence electrons. The van der Waals surface area contributed by atoms with E-state index in [2.05, 4.69) is 0 Å². The first kappa shape index (κ1) is 11.8. The third kappa shape index (κ3) is 2.52. The van der Waals surface area contributed by atoms with Crippen molar-refractivity contribution in [1.82, 2.24) is 0 Å².